The van der Waals surface area contributed by atoms with Gasteiger partial charge in [0.15, 0.2) is 6.61 Å². The first-order valence-electron chi connectivity index (χ1n) is 5.28. The maximum Gasteiger partial charge on any atom is 0.336 e. The molecule has 2 N–H and O–H groups in total. The Hall–Kier alpha value is -2.04. The molecule has 1 aromatic carbocycles. The minimum Gasteiger partial charge on any atom is -0.484 e. The van der Waals surface area contributed by atoms with Crippen molar-refractivity contribution in [3.63, 3.8) is 0 Å². The number of carbonyl (C=O) groups excluding carboxylic acids is 1. The second kappa shape index (κ2) is 5.89. The number of aromatic carboxylic acids is 1. The molecule has 0 radical (unpaired) electrons. The summed E-state index contributed by atoms with van der Waals surface area (Å²) in [5, 5.41) is 11.5. The standard InChI is InChI=1S/C12H15NO4/c1-3-13-11(14)7-17-9-5-4-8(2)10(6-9)12(15)16/h4-6H,3,7H2,1-2H3,(H,13,14)(H,15,16). The van der Waals surface area contributed by atoms with E-state index in [1.54, 1.807) is 19.1 Å². The van der Waals surface area contributed by atoms with Gasteiger partial charge in [-0.15, -0.1) is 0 Å². The number of nitrogens with one attached hydrogen (secondary N) is 1. The molecule has 0 saturated heterocycles. The highest BCUT2D eigenvalue weighted by atomic mass is 16.5. The van der Waals surface area contributed by atoms with Crippen LogP contribution >= 0.6 is 0 Å². The van der Waals surface area contributed by atoms with Crippen LogP contribution in [-0.2, 0) is 4.79 Å². The van der Waals surface area contributed by atoms with Crippen molar-refractivity contribution in [2.75, 3.05) is 13.2 Å². The molecule has 0 spiro atoms. The van der Waals surface area contributed by atoms with Gasteiger partial charge in [0, 0.05) is 6.54 Å². The molecule has 0 bridgehead atoms. The first kappa shape index (κ1) is 13.0. The van der Waals surface area contributed by atoms with Crippen molar-refractivity contribution in [3.8, 4) is 5.75 Å². The third-order valence-corrected chi connectivity index (χ3v) is 2.18. The Morgan fingerprint density at radius 3 is 2.71 bits per heavy atom. The van der Waals surface area contributed by atoms with Crippen molar-refractivity contribution in [3.05, 3.63) is 29.3 Å². The molecular weight excluding hydrogens is 222 g/mol. The predicted molar refractivity (Wildman–Crippen MR) is 62.3 cm³/mol. The quantitative estimate of drug-likeness (QED) is 0.807. The van der Waals surface area contributed by atoms with Gasteiger partial charge in [-0.1, -0.05) is 6.07 Å². The first-order chi connectivity index (χ1) is 8.04. The lowest BCUT2D eigenvalue weighted by molar-refractivity contribution is -0.122. The van der Waals surface area contributed by atoms with Crippen LogP contribution in [0.1, 0.15) is 22.8 Å². The minimum absolute atomic E-state index is 0.115. The zero-order chi connectivity index (χ0) is 12.8. The Balaban J connectivity index is 2.69. The highest BCUT2D eigenvalue weighted by molar-refractivity contribution is 5.89. The molecule has 1 amide bonds. The van der Waals surface area contributed by atoms with Crippen LogP contribution in [-0.4, -0.2) is 30.1 Å². The molecule has 17 heavy (non-hydrogen) atoms. The second-order valence-electron chi connectivity index (χ2n) is 3.52. The number of likely N-dealkylation sites (N-methyl/N-ethyl adjacent to an activating group) is 1. The fourth-order valence-corrected chi connectivity index (χ4v) is 1.32. The topological polar surface area (TPSA) is 75.6 Å². The number of rotatable bonds is 5. The maximum atomic E-state index is 11.1. The fourth-order valence-electron chi connectivity index (χ4n) is 1.32. The number of carboxylic acid groups (broad SMARTS) is 1. The average molecular weight is 237 g/mol. The van der Waals surface area contributed by atoms with Crippen LogP contribution in [0.4, 0.5) is 0 Å². The Morgan fingerprint density at radius 1 is 1.41 bits per heavy atom. The number of hydrogen-bond acceptors (Lipinski definition) is 3. The summed E-state index contributed by atoms with van der Waals surface area (Å²) in [7, 11) is 0. The summed E-state index contributed by atoms with van der Waals surface area (Å²) >= 11 is 0. The number of hydrogen-bond donors (Lipinski definition) is 2. The molecular formula is C12H15NO4. The SMILES string of the molecule is CCNC(=O)COc1ccc(C)c(C(=O)O)c1. The Kier molecular flexibility index (Phi) is 4.51. The smallest absolute Gasteiger partial charge is 0.336 e. The van der Waals surface area contributed by atoms with Crippen molar-refractivity contribution in [2.45, 2.75) is 13.8 Å². The molecule has 0 saturated carbocycles. The van der Waals surface area contributed by atoms with E-state index in [1.807, 2.05) is 6.92 Å². The van der Waals surface area contributed by atoms with Crippen LogP contribution in [0.2, 0.25) is 0 Å². The van der Waals surface area contributed by atoms with Gasteiger partial charge in [0.25, 0.3) is 5.91 Å². The van der Waals surface area contributed by atoms with Crippen molar-refractivity contribution in [1.29, 1.82) is 0 Å². The third-order valence-electron chi connectivity index (χ3n) is 2.18. The molecule has 0 heterocycles. The highest BCUT2D eigenvalue weighted by Crippen LogP contribution is 2.17. The number of benzene rings is 1. The molecule has 5 nitrogen and oxygen atoms in total. The number of amides is 1. The van der Waals surface area contributed by atoms with E-state index in [9.17, 15) is 9.59 Å². The normalized spacial score (nSPS) is 9.76. The molecule has 0 aliphatic rings. The zero-order valence-electron chi connectivity index (χ0n) is 9.82. The lowest BCUT2D eigenvalue weighted by atomic mass is 10.1. The van der Waals surface area contributed by atoms with Gasteiger partial charge in [-0.25, -0.2) is 4.79 Å². The van der Waals surface area contributed by atoms with Crippen molar-refractivity contribution < 1.29 is 19.4 Å². The van der Waals surface area contributed by atoms with Crippen molar-refractivity contribution >= 4 is 11.9 Å². The van der Waals surface area contributed by atoms with E-state index < -0.39 is 5.97 Å². The Morgan fingerprint density at radius 2 is 2.12 bits per heavy atom. The maximum absolute atomic E-state index is 11.1. The first-order valence-corrected chi connectivity index (χ1v) is 5.28. The summed E-state index contributed by atoms with van der Waals surface area (Å²) < 4.78 is 5.19. The number of carbonyl (C=O) groups is 2. The van der Waals surface area contributed by atoms with Crippen LogP contribution in [0.15, 0.2) is 18.2 Å². The van der Waals surface area contributed by atoms with Crippen LogP contribution in [0.3, 0.4) is 0 Å². The molecule has 0 unspecified atom stereocenters. The van der Waals surface area contributed by atoms with Crippen LogP contribution in [0, 0.1) is 6.92 Å². The Bertz CT molecular complexity index is 429. The van der Waals surface area contributed by atoms with E-state index in [4.69, 9.17) is 9.84 Å². The summed E-state index contributed by atoms with van der Waals surface area (Å²) in [5.41, 5.74) is 0.834. The molecule has 0 aromatic heterocycles. The van der Waals surface area contributed by atoms with E-state index in [1.165, 1.54) is 6.07 Å². The van der Waals surface area contributed by atoms with E-state index in [0.29, 0.717) is 17.9 Å². The number of aryl methyl sites for hydroxylation is 1. The van der Waals surface area contributed by atoms with Gasteiger partial charge in [-0.3, -0.25) is 4.79 Å². The average Bonchev–Trinajstić information content (AvgIpc) is 2.28. The molecule has 0 atom stereocenters. The lowest BCUT2D eigenvalue weighted by Gasteiger charge is -2.08. The van der Waals surface area contributed by atoms with E-state index in [2.05, 4.69) is 5.32 Å². The Labute approximate surface area is 99.4 Å². The monoisotopic (exact) mass is 237 g/mol. The van der Waals surface area contributed by atoms with E-state index in [-0.39, 0.29) is 18.1 Å². The summed E-state index contributed by atoms with van der Waals surface area (Å²) in [4.78, 5) is 22.0. The fraction of sp³-hybridized carbons (Fsp3) is 0.333. The predicted octanol–water partition coefficient (Wildman–Crippen LogP) is 1.21. The number of ether oxygens (including phenoxy) is 1. The van der Waals surface area contributed by atoms with Gasteiger partial charge >= 0.3 is 5.97 Å². The zero-order valence-corrected chi connectivity index (χ0v) is 9.82. The third kappa shape index (κ3) is 3.79. The minimum atomic E-state index is -1.01. The molecule has 92 valence electrons. The summed E-state index contributed by atoms with van der Waals surface area (Å²) in [6.45, 7) is 3.94. The van der Waals surface area contributed by atoms with E-state index in [0.717, 1.165) is 0 Å². The lowest BCUT2D eigenvalue weighted by Crippen LogP contribution is -2.28. The second-order valence-corrected chi connectivity index (χ2v) is 3.52. The largest absolute Gasteiger partial charge is 0.484 e. The van der Waals surface area contributed by atoms with Gasteiger partial charge in [-0.2, -0.15) is 0 Å². The molecule has 1 aromatic rings. The summed E-state index contributed by atoms with van der Waals surface area (Å²) in [6, 6.07) is 4.70. The molecule has 5 heteroatoms. The summed E-state index contributed by atoms with van der Waals surface area (Å²) in [6.07, 6.45) is 0. The van der Waals surface area contributed by atoms with Gasteiger partial charge < -0.3 is 15.2 Å². The van der Waals surface area contributed by atoms with Crippen LogP contribution < -0.4 is 10.1 Å². The summed E-state index contributed by atoms with van der Waals surface area (Å²) in [5.74, 6) is -0.866. The van der Waals surface area contributed by atoms with Crippen molar-refractivity contribution in [1.82, 2.24) is 5.32 Å². The van der Waals surface area contributed by atoms with Crippen LogP contribution in [0.5, 0.6) is 5.75 Å². The van der Waals surface area contributed by atoms with Gasteiger partial charge in [-0.05, 0) is 31.5 Å². The van der Waals surface area contributed by atoms with E-state index >= 15 is 0 Å². The van der Waals surface area contributed by atoms with Gasteiger partial charge in [0.1, 0.15) is 5.75 Å². The highest BCUT2D eigenvalue weighted by Gasteiger charge is 2.09. The molecule has 0 aliphatic heterocycles. The van der Waals surface area contributed by atoms with Crippen molar-refractivity contribution in [2.24, 2.45) is 0 Å². The van der Waals surface area contributed by atoms with Crippen LogP contribution in [0.25, 0.3) is 0 Å². The molecule has 0 aliphatic carbocycles. The molecule has 0 fully saturated rings. The number of carboxylic acids is 1. The van der Waals surface area contributed by atoms with Gasteiger partial charge in [0.2, 0.25) is 0 Å². The van der Waals surface area contributed by atoms with Gasteiger partial charge in [0.05, 0.1) is 5.56 Å². The molecule has 1 rings (SSSR count).